The number of para-hydroxylation sites is 1. The molecule has 2 heterocycles. The zero-order valence-corrected chi connectivity index (χ0v) is 21.2. The minimum atomic E-state index is -0.910. The fraction of sp³-hybridized carbons (Fsp3) is 0.138. The minimum Gasteiger partial charge on any atom is -0.477 e. The van der Waals surface area contributed by atoms with E-state index in [0.29, 0.717) is 23.1 Å². The average molecular weight is 512 g/mol. The lowest BCUT2D eigenvalue weighted by Gasteiger charge is -2.10. The minimum absolute atomic E-state index is 0.120. The number of nitrogens with zero attached hydrogens (tertiary/aromatic N) is 2. The van der Waals surface area contributed by atoms with Gasteiger partial charge < -0.3 is 19.7 Å². The summed E-state index contributed by atoms with van der Waals surface area (Å²) in [5.74, 6) is 1.51. The first-order valence-electron chi connectivity index (χ1n) is 11.8. The quantitative estimate of drug-likeness (QED) is 0.213. The van der Waals surface area contributed by atoms with Crippen molar-refractivity contribution in [1.82, 2.24) is 10.1 Å². The van der Waals surface area contributed by atoms with Gasteiger partial charge in [0.15, 0.2) is 0 Å². The Labute approximate surface area is 218 Å². The van der Waals surface area contributed by atoms with Crippen molar-refractivity contribution in [3.63, 3.8) is 0 Å². The second kappa shape index (κ2) is 10.7. The van der Waals surface area contributed by atoms with Crippen LogP contribution in [0.3, 0.4) is 0 Å². The fourth-order valence-corrected chi connectivity index (χ4v) is 4.65. The van der Waals surface area contributed by atoms with Crippen molar-refractivity contribution in [3.8, 4) is 22.9 Å². The number of aromatic nitrogens is 2. The SMILES string of the molecule is Cc1ccc(-c2noc(C(C)c3cccc(Oc4ccccc4)c3)n2)cc1NCc1ccc(C(=O)O)s1. The summed E-state index contributed by atoms with van der Waals surface area (Å²) < 4.78 is 11.6. The number of aryl methyl sites for hydroxylation is 1. The highest BCUT2D eigenvalue weighted by Gasteiger charge is 2.18. The summed E-state index contributed by atoms with van der Waals surface area (Å²) >= 11 is 1.26. The first-order chi connectivity index (χ1) is 18.0. The van der Waals surface area contributed by atoms with Gasteiger partial charge in [0.2, 0.25) is 11.7 Å². The van der Waals surface area contributed by atoms with Gasteiger partial charge in [-0.2, -0.15) is 4.98 Å². The van der Waals surface area contributed by atoms with Crippen molar-refractivity contribution in [3.05, 3.63) is 112 Å². The normalized spacial score (nSPS) is 11.7. The molecule has 1 unspecified atom stereocenters. The van der Waals surface area contributed by atoms with Gasteiger partial charge in [-0.3, -0.25) is 0 Å². The summed E-state index contributed by atoms with van der Waals surface area (Å²) in [6, 6.07) is 26.9. The van der Waals surface area contributed by atoms with Crippen LogP contribution in [0, 0.1) is 6.92 Å². The Morgan fingerprint density at radius 2 is 1.84 bits per heavy atom. The number of anilines is 1. The maximum atomic E-state index is 11.1. The second-order valence-electron chi connectivity index (χ2n) is 8.62. The molecule has 2 aromatic heterocycles. The molecule has 0 spiro atoms. The Balaban J connectivity index is 1.30. The summed E-state index contributed by atoms with van der Waals surface area (Å²) in [6.45, 7) is 4.56. The van der Waals surface area contributed by atoms with Crippen LogP contribution in [0.1, 0.15) is 44.4 Å². The Bertz CT molecular complexity index is 1530. The topological polar surface area (TPSA) is 97.5 Å². The number of thiophene rings is 1. The molecule has 5 aromatic rings. The molecule has 0 aliphatic carbocycles. The van der Waals surface area contributed by atoms with Gasteiger partial charge in [-0.1, -0.05) is 47.6 Å². The molecule has 0 saturated heterocycles. The van der Waals surface area contributed by atoms with E-state index < -0.39 is 5.97 Å². The third kappa shape index (κ3) is 5.70. The lowest BCUT2D eigenvalue weighted by Crippen LogP contribution is -2.00. The van der Waals surface area contributed by atoms with Crippen molar-refractivity contribution in [1.29, 1.82) is 0 Å². The molecule has 0 aliphatic heterocycles. The Hall–Kier alpha value is -4.43. The predicted octanol–water partition coefficient (Wildman–Crippen LogP) is 7.36. The fourth-order valence-electron chi connectivity index (χ4n) is 3.86. The number of rotatable bonds is 9. The molecule has 0 aliphatic rings. The van der Waals surface area contributed by atoms with E-state index >= 15 is 0 Å². The molecule has 37 heavy (non-hydrogen) atoms. The summed E-state index contributed by atoms with van der Waals surface area (Å²) in [5.41, 5.74) is 3.82. The third-order valence-corrected chi connectivity index (χ3v) is 7.04. The second-order valence-corrected chi connectivity index (χ2v) is 9.79. The molecule has 0 radical (unpaired) electrons. The molecule has 2 N–H and O–H groups in total. The van der Waals surface area contributed by atoms with Crippen molar-refractivity contribution in [2.75, 3.05) is 5.32 Å². The van der Waals surface area contributed by atoms with Crippen LogP contribution in [0.2, 0.25) is 0 Å². The Morgan fingerprint density at radius 3 is 2.62 bits per heavy atom. The number of benzene rings is 3. The number of ether oxygens (including phenoxy) is 1. The van der Waals surface area contributed by atoms with Crippen molar-refractivity contribution >= 4 is 23.0 Å². The molecule has 1 atom stereocenters. The number of carboxylic acids is 1. The van der Waals surface area contributed by atoms with Crippen LogP contribution in [0.15, 0.2) is 89.5 Å². The molecule has 5 rings (SSSR count). The van der Waals surface area contributed by atoms with E-state index in [1.54, 1.807) is 6.07 Å². The molecule has 186 valence electrons. The van der Waals surface area contributed by atoms with Gasteiger partial charge in [-0.15, -0.1) is 11.3 Å². The highest BCUT2D eigenvalue weighted by molar-refractivity contribution is 7.13. The van der Waals surface area contributed by atoms with E-state index in [0.717, 1.165) is 38.8 Å². The zero-order valence-electron chi connectivity index (χ0n) is 20.3. The lowest BCUT2D eigenvalue weighted by atomic mass is 10.0. The summed E-state index contributed by atoms with van der Waals surface area (Å²) in [6.07, 6.45) is 0. The van der Waals surface area contributed by atoms with Crippen LogP contribution >= 0.6 is 11.3 Å². The van der Waals surface area contributed by atoms with Crippen LogP contribution in [-0.2, 0) is 6.54 Å². The van der Waals surface area contributed by atoms with Gasteiger partial charge in [-0.25, -0.2) is 4.79 Å². The van der Waals surface area contributed by atoms with Crippen LogP contribution < -0.4 is 10.1 Å². The van der Waals surface area contributed by atoms with Crippen molar-refractivity contribution < 1.29 is 19.2 Å². The van der Waals surface area contributed by atoms with Crippen LogP contribution in [-0.4, -0.2) is 21.2 Å². The van der Waals surface area contributed by atoms with Crippen LogP contribution in [0.4, 0.5) is 5.69 Å². The highest BCUT2D eigenvalue weighted by Crippen LogP contribution is 2.31. The molecule has 8 heteroatoms. The number of carbonyl (C=O) groups is 1. The maximum Gasteiger partial charge on any atom is 0.345 e. The molecular formula is C29H25N3O4S. The number of aromatic carboxylic acids is 1. The number of hydrogen-bond acceptors (Lipinski definition) is 7. The van der Waals surface area contributed by atoms with Crippen molar-refractivity contribution in [2.45, 2.75) is 26.3 Å². The standard InChI is InChI=1S/C29H25N3O4S/c1-18-11-12-21(16-25(18)30-17-24-13-14-26(37-24)29(33)34)27-31-28(36-32-27)19(2)20-7-6-10-23(15-20)35-22-8-4-3-5-9-22/h3-16,19,30H,17H2,1-2H3,(H,33,34). The largest absolute Gasteiger partial charge is 0.477 e. The average Bonchev–Trinajstić information content (AvgIpc) is 3.59. The first kappa shape index (κ1) is 24.3. The van der Waals surface area contributed by atoms with Gasteiger partial charge in [0.25, 0.3) is 0 Å². The Kier molecular flexibility index (Phi) is 7.00. The number of nitrogens with one attached hydrogen (secondary N) is 1. The van der Waals surface area contributed by atoms with E-state index in [4.69, 9.17) is 14.4 Å². The molecule has 3 aromatic carbocycles. The Morgan fingerprint density at radius 1 is 1.03 bits per heavy atom. The zero-order chi connectivity index (χ0) is 25.8. The lowest BCUT2D eigenvalue weighted by molar-refractivity contribution is 0.0702. The molecule has 0 amide bonds. The number of carboxylic acid groups (broad SMARTS) is 1. The van der Waals surface area contributed by atoms with Gasteiger partial charge in [0, 0.05) is 22.7 Å². The molecule has 7 nitrogen and oxygen atoms in total. The van der Waals surface area contributed by atoms with Crippen LogP contribution in [0.5, 0.6) is 11.5 Å². The molecule has 0 fully saturated rings. The summed E-state index contributed by atoms with van der Waals surface area (Å²) in [7, 11) is 0. The smallest absolute Gasteiger partial charge is 0.345 e. The first-order valence-corrected chi connectivity index (χ1v) is 12.6. The van der Waals surface area contributed by atoms with Gasteiger partial charge >= 0.3 is 5.97 Å². The monoisotopic (exact) mass is 511 g/mol. The van der Waals surface area contributed by atoms with E-state index in [1.165, 1.54) is 11.3 Å². The van der Waals surface area contributed by atoms with Gasteiger partial charge in [-0.05, 0) is 67.4 Å². The summed E-state index contributed by atoms with van der Waals surface area (Å²) in [5, 5.41) is 16.8. The number of hydrogen-bond donors (Lipinski definition) is 2. The van der Waals surface area contributed by atoms with Gasteiger partial charge in [0.1, 0.15) is 16.4 Å². The van der Waals surface area contributed by atoms with Crippen molar-refractivity contribution in [2.24, 2.45) is 0 Å². The van der Waals surface area contributed by atoms with E-state index in [9.17, 15) is 4.79 Å². The van der Waals surface area contributed by atoms with Gasteiger partial charge in [0.05, 0.1) is 5.92 Å². The van der Waals surface area contributed by atoms with E-state index in [-0.39, 0.29) is 5.92 Å². The predicted molar refractivity (Wildman–Crippen MR) is 144 cm³/mol. The molecule has 0 bridgehead atoms. The third-order valence-electron chi connectivity index (χ3n) is 5.97. The maximum absolute atomic E-state index is 11.1. The molecular weight excluding hydrogens is 486 g/mol. The van der Waals surface area contributed by atoms with Crippen LogP contribution in [0.25, 0.3) is 11.4 Å². The molecule has 0 saturated carbocycles. The van der Waals surface area contributed by atoms with E-state index in [2.05, 4.69) is 15.5 Å². The van der Waals surface area contributed by atoms with E-state index in [1.807, 2.05) is 92.7 Å². The highest BCUT2D eigenvalue weighted by atomic mass is 32.1. The summed E-state index contributed by atoms with van der Waals surface area (Å²) in [4.78, 5) is 17.1.